The first-order valence-electron chi connectivity index (χ1n) is 10.0. The van der Waals surface area contributed by atoms with Crippen LogP contribution >= 0.6 is 15.9 Å². The third-order valence-electron chi connectivity index (χ3n) is 7.02. The van der Waals surface area contributed by atoms with Crippen LogP contribution in [-0.4, -0.2) is 22.9 Å². The molecule has 0 spiro atoms. The normalized spacial score (nSPS) is 27.6. The molecule has 1 saturated heterocycles. The van der Waals surface area contributed by atoms with E-state index in [1.54, 1.807) is 42.5 Å². The number of carboxylic acid groups (broad SMARTS) is 1. The van der Waals surface area contributed by atoms with Crippen LogP contribution in [-0.2, 0) is 19.8 Å². The number of halogens is 1. The van der Waals surface area contributed by atoms with Crippen molar-refractivity contribution in [3.05, 3.63) is 99.5 Å². The van der Waals surface area contributed by atoms with Crippen molar-refractivity contribution in [1.29, 1.82) is 0 Å². The molecule has 0 aromatic heterocycles. The highest BCUT2D eigenvalue weighted by Crippen LogP contribution is 2.64. The molecule has 2 atom stereocenters. The summed E-state index contributed by atoms with van der Waals surface area (Å²) in [5.74, 6) is -4.00. The van der Waals surface area contributed by atoms with Crippen molar-refractivity contribution in [3.8, 4) is 0 Å². The number of carbonyl (C=O) groups is 3. The largest absolute Gasteiger partial charge is 0.480 e. The summed E-state index contributed by atoms with van der Waals surface area (Å²) in [6.07, 6.45) is 0. The lowest BCUT2D eigenvalue weighted by atomic mass is 9.47. The molecule has 3 aliphatic carbocycles. The Hall–Kier alpha value is -3.25. The number of nitrogens with zero attached hydrogens (tertiary/aromatic N) is 1. The molecule has 4 aliphatic rings. The van der Waals surface area contributed by atoms with E-state index in [-0.39, 0.29) is 11.8 Å². The average molecular weight is 474 g/mol. The van der Waals surface area contributed by atoms with Crippen LogP contribution in [0.1, 0.15) is 28.2 Å². The Morgan fingerprint density at radius 2 is 1.48 bits per heavy atom. The zero-order chi connectivity index (χ0) is 21.5. The fourth-order valence-electron chi connectivity index (χ4n) is 6.00. The Bertz CT molecular complexity index is 1270. The number of anilines is 1. The molecule has 1 N–H and O–H groups in total. The van der Waals surface area contributed by atoms with Crippen molar-refractivity contribution in [1.82, 2.24) is 0 Å². The third kappa shape index (κ3) is 2.08. The first-order chi connectivity index (χ1) is 15.0. The Morgan fingerprint density at radius 1 is 0.871 bits per heavy atom. The molecule has 2 bridgehead atoms. The van der Waals surface area contributed by atoms with E-state index in [0.717, 1.165) is 15.6 Å². The minimum Gasteiger partial charge on any atom is -0.480 e. The predicted octanol–water partition coefficient (Wildman–Crippen LogP) is 4.08. The van der Waals surface area contributed by atoms with Crippen molar-refractivity contribution >= 4 is 39.4 Å². The molecule has 7 rings (SSSR count). The van der Waals surface area contributed by atoms with E-state index in [1.807, 2.05) is 30.3 Å². The van der Waals surface area contributed by atoms with E-state index in [1.165, 1.54) is 4.90 Å². The van der Waals surface area contributed by atoms with Crippen molar-refractivity contribution in [2.75, 3.05) is 4.90 Å². The SMILES string of the molecule is O=C1[C@@H]2C3c4ccccc4C(C(=O)O)(c4ccccc43)[C@@H]2C(=O)N1c1cccc(Br)c1. The molecule has 3 aromatic carbocycles. The summed E-state index contributed by atoms with van der Waals surface area (Å²) < 4.78 is 0.739. The van der Waals surface area contributed by atoms with Crippen LogP contribution in [0.2, 0.25) is 0 Å². The molecular weight excluding hydrogens is 458 g/mol. The lowest BCUT2D eigenvalue weighted by Gasteiger charge is -2.51. The Balaban J connectivity index is 1.68. The maximum Gasteiger partial charge on any atom is 0.319 e. The van der Waals surface area contributed by atoms with Crippen LogP contribution in [0, 0.1) is 11.8 Å². The van der Waals surface area contributed by atoms with Gasteiger partial charge in [0.25, 0.3) is 0 Å². The molecule has 0 unspecified atom stereocenters. The van der Waals surface area contributed by atoms with E-state index in [4.69, 9.17) is 0 Å². The maximum atomic E-state index is 13.8. The summed E-state index contributed by atoms with van der Waals surface area (Å²) in [7, 11) is 0. The molecule has 1 fully saturated rings. The molecule has 1 heterocycles. The predicted molar refractivity (Wildman–Crippen MR) is 117 cm³/mol. The first kappa shape index (κ1) is 18.5. The molecule has 5 nitrogen and oxygen atoms in total. The van der Waals surface area contributed by atoms with Gasteiger partial charge in [-0.05, 0) is 40.5 Å². The van der Waals surface area contributed by atoms with Crippen LogP contribution in [0.5, 0.6) is 0 Å². The molecule has 0 radical (unpaired) electrons. The van der Waals surface area contributed by atoms with Gasteiger partial charge >= 0.3 is 5.97 Å². The summed E-state index contributed by atoms with van der Waals surface area (Å²) in [5, 5.41) is 10.7. The van der Waals surface area contributed by atoms with Crippen LogP contribution in [0.4, 0.5) is 5.69 Å². The van der Waals surface area contributed by atoms with E-state index in [0.29, 0.717) is 16.8 Å². The summed E-state index contributed by atoms with van der Waals surface area (Å²) >= 11 is 3.40. The molecule has 31 heavy (non-hydrogen) atoms. The fourth-order valence-corrected chi connectivity index (χ4v) is 6.39. The third-order valence-corrected chi connectivity index (χ3v) is 7.52. The number of hydrogen-bond acceptors (Lipinski definition) is 3. The molecule has 3 aromatic rings. The van der Waals surface area contributed by atoms with Gasteiger partial charge < -0.3 is 5.11 Å². The van der Waals surface area contributed by atoms with Crippen LogP contribution in [0.3, 0.4) is 0 Å². The molecular formula is C25H16BrNO4. The van der Waals surface area contributed by atoms with Gasteiger partial charge in [0.05, 0.1) is 17.5 Å². The van der Waals surface area contributed by atoms with Crippen LogP contribution in [0.15, 0.2) is 77.3 Å². The van der Waals surface area contributed by atoms with Crippen molar-refractivity contribution in [2.24, 2.45) is 11.8 Å². The second-order valence-corrected chi connectivity index (χ2v) is 9.18. The first-order valence-corrected chi connectivity index (χ1v) is 10.8. The number of carbonyl (C=O) groups excluding carboxylic acids is 2. The number of rotatable bonds is 2. The van der Waals surface area contributed by atoms with Gasteiger partial charge in [0.1, 0.15) is 5.41 Å². The topological polar surface area (TPSA) is 74.7 Å². The van der Waals surface area contributed by atoms with Crippen LogP contribution in [0.25, 0.3) is 0 Å². The summed E-state index contributed by atoms with van der Waals surface area (Å²) in [6, 6.07) is 21.7. The Kier molecular flexibility index (Phi) is 3.67. The van der Waals surface area contributed by atoms with Gasteiger partial charge in [0, 0.05) is 10.4 Å². The van der Waals surface area contributed by atoms with E-state index in [9.17, 15) is 19.5 Å². The second-order valence-electron chi connectivity index (χ2n) is 8.26. The number of aliphatic carboxylic acids is 1. The van der Waals surface area contributed by atoms with E-state index in [2.05, 4.69) is 15.9 Å². The Labute approximate surface area is 186 Å². The van der Waals surface area contributed by atoms with Crippen molar-refractivity contribution in [2.45, 2.75) is 11.3 Å². The molecule has 152 valence electrons. The zero-order valence-corrected chi connectivity index (χ0v) is 17.7. The maximum absolute atomic E-state index is 13.8. The van der Waals surface area contributed by atoms with Crippen molar-refractivity contribution < 1.29 is 19.5 Å². The lowest BCUT2D eigenvalue weighted by molar-refractivity contribution is -0.149. The van der Waals surface area contributed by atoms with Gasteiger partial charge in [-0.1, -0.05) is 70.5 Å². The number of benzene rings is 3. The molecule has 6 heteroatoms. The quantitative estimate of drug-likeness (QED) is 0.568. The van der Waals surface area contributed by atoms with Gasteiger partial charge in [-0.3, -0.25) is 14.4 Å². The number of hydrogen-bond donors (Lipinski definition) is 1. The summed E-state index contributed by atoms with van der Waals surface area (Å²) in [5.41, 5.74) is 1.73. The summed E-state index contributed by atoms with van der Waals surface area (Å²) in [4.78, 5) is 41.8. The minimum absolute atomic E-state index is 0.340. The van der Waals surface area contributed by atoms with Gasteiger partial charge in [-0.2, -0.15) is 0 Å². The monoisotopic (exact) mass is 473 g/mol. The highest BCUT2D eigenvalue weighted by molar-refractivity contribution is 9.10. The number of amides is 2. The number of imide groups is 1. The Morgan fingerprint density at radius 3 is 2.06 bits per heavy atom. The molecule has 0 saturated carbocycles. The van der Waals surface area contributed by atoms with Crippen LogP contribution < -0.4 is 4.90 Å². The fraction of sp³-hybridized carbons (Fsp3) is 0.160. The van der Waals surface area contributed by atoms with E-state index < -0.39 is 29.1 Å². The van der Waals surface area contributed by atoms with Crippen molar-refractivity contribution in [3.63, 3.8) is 0 Å². The average Bonchev–Trinajstić information content (AvgIpc) is 3.04. The second kappa shape index (κ2) is 6.14. The molecule has 2 amide bonds. The van der Waals surface area contributed by atoms with Gasteiger partial charge in [0.15, 0.2) is 0 Å². The minimum atomic E-state index is -1.60. The number of carboxylic acids is 1. The van der Waals surface area contributed by atoms with Gasteiger partial charge in [-0.15, -0.1) is 0 Å². The van der Waals surface area contributed by atoms with Gasteiger partial charge in [0.2, 0.25) is 11.8 Å². The van der Waals surface area contributed by atoms with Gasteiger partial charge in [-0.25, -0.2) is 4.90 Å². The highest BCUT2D eigenvalue weighted by Gasteiger charge is 2.71. The lowest BCUT2D eigenvalue weighted by Crippen LogP contribution is -2.57. The smallest absolute Gasteiger partial charge is 0.319 e. The summed E-state index contributed by atoms with van der Waals surface area (Å²) in [6.45, 7) is 0. The van der Waals surface area contributed by atoms with E-state index >= 15 is 0 Å². The zero-order valence-electron chi connectivity index (χ0n) is 16.2. The highest BCUT2D eigenvalue weighted by atomic mass is 79.9. The standard InChI is InChI=1S/C25H16BrNO4/c26-13-6-5-7-14(12-13)27-22(28)20-19-15-8-1-3-10-17(15)25(24(30)31,21(20)23(27)29)18-11-4-2-9-16(18)19/h1-12,19-21H,(H,30,31)/t19?,20-,21+,25?/m1/s1. The molecule has 1 aliphatic heterocycles.